The molecule has 0 aromatic carbocycles. The van der Waals surface area contributed by atoms with Gasteiger partial charge in [-0.3, -0.25) is 14.5 Å². The van der Waals surface area contributed by atoms with Crippen molar-refractivity contribution in [2.24, 2.45) is 11.8 Å². The van der Waals surface area contributed by atoms with E-state index in [-0.39, 0.29) is 23.7 Å². The molecule has 0 aromatic rings. The molecule has 1 heterocycles. The molecular formula is C10H11NO2. The molecule has 2 rings (SSSR count). The number of nitrogens with zero attached hydrogens (tertiary/aromatic N) is 1. The number of piperidine rings is 1. The summed E-state index contributed by atoms with van der Waals surface area (Å²) in [6, 6.07) is 0. The highest BCUT2D eigenvalue weighted by atomic mass is 16.2. The van der Waals surface area contributed by atoms with Gasteiger partial charge in [-0.15, -0.1) is 11.8 Å². The van der Waals surface area contributed by atoms with Gasteiger partial charge in [-0.05, 0) is 13.3 Å². The third kappa shape index (κ3) is 1.23. The molecule has 2 unspecified atom stereocenters. The van der Waals surface area contributed by atoms with Crippen molar-refractivity contribution in [3.05, 3.63) is 0 Å². The Balaban J connectivity index is 1.95. The van der Waals surface area contributed by atoms with Gasteiger partial charge in [0, 0.05) is 13.0 Å². The van der Waals surface area contributed by atoms with Crippen LogP contribution in [0.25, 0.3) is 0 Å². The van der Waals surface area contributed by atoms with Crippen LogP contribution in [0.5, 0.6) is 0 Å². The van der Waals surface area contributed by atoms with Gasteiger partial charge in [0.2, 0.25) is 11.8 Å². The second-order valence-corrected chi connectivity index (χ2v) is 3.45. The molecule has 2 atom stereocenters. The summed E-state index contributed by atoms with van der Waals surface area (Å²) in [6.45, 7) is 2.23. The average molecular weight is 177 g/mol. The summed E-state index contributed by atoms with van der Waals surface area (Å²) >= 11 is 0. The van der Waals surface area contributed by atoms with Crippen LogP contribution in [0, 0.1) is 23.7 Å². The van der Waals surface area contributed by atoms with Gasteiger partial charge in [-0.1, -0.05) is 0 Å². The Morgan fingerprint density at radius 1 is 1.38 bits per heavy atom. The second kappa shape index (κ2) is 2.88. The molecule has 0 radical (unpaired) electrons. The van der Waals surface area contributed by atoms with Crippen molar-refractivity contribution in [3.8, 4) is 11.8 Å². The quantitative estimate of drug-likeness (QED) is 0.452. The maximum Gasteiger partial charge on any atom is 0.233 e. The van der Waals surface area contributed by atoms with Gasteiger partial charge in [0.1, 0.15) is 0 Å². The number of likely N-dealkylation sites (tertiary alicyclic amines) is 1. The Bertz CT molecular complexity index is 304. The van der Waals surface area contributed by atoms with E-state index in [4.69, 9.17) is 0 Å². The lowest BCUT2D eigenvalue weighted by molar-refractivity contribution is -0.141. The van der Waals surface area contributed by atoms with E-state index in [1.807, 2.05) is 0 Å². The van der Waals surface area contributed by atoms with Gasteiger partial charge in [0.25, 0.3) is 0 Å². The lowest BCUT2D eigenvalue weighted by atomic mass is 10.3. The van der Waals surface area contributed by atoms with E-state index in [2.05, 4.69) is 11.8 Å². The highest BCUT2D eigenvalue weighted by molar-refractivity contribution is 6.08. The predicted octanol–water partition coefficient (Wildman–Crippen LogP) is 0.405. The zero-order valence-electron chi connectivity index (χ0n) is 7.54. The number of hydrogen-bond donors (Lipinski definition) is 0. The highest BCUT2D eigenvalue weighted by Gasteiger charge is 2.58. The average Bonchev–Trinajstić information content (AvgIpc) is 2.85. The van der Waals surface area contributed by atoms with Gasteiger partial charge in [0.15, 0.2) is 0 Å². The van der Waals surface area contributed by atoms with Crippen LogP contribution in [0.15, 0.2) is 0 Å². The lowest BCUT2D eigenvalue weighted by Gasteiger charge is -2.13. The second-order valence-electron chi connectivity index (χ2n) is 3.45. The van der Waals surface area contributed by atoms with Crippen LogP contribution in [-0.4, -0.2) is 23.3 Å². The summed E-state index contributed by atoms with van der Waals surface area (Å²) in [4.78, 5) is 24.2. The first-order valence-electron chi connectivity index (χ1n) is 4.50. The lowest BCUT2D eigenvalue weighted by Crippen LogP contribution is -2.33. The van der Waals surface area contributed by atoms with Crippen molar-refractivity contribution >= 4 is 11.8 Å². The van der Waals surface area contributed by atoms with Crippen LogP contribution in [0.1, 0.15) is 19.8 Å². The number of fused-ring (bicyclic) bond motifs is 1. The summed E-state index contributed by atoms with van der Waals surface area (Å²) < 4.78 is 0. The van der Waals surface area contributed by atoms with Crippen LogP contribution in [0.2, 0.25) is 0 Å². The SMILES string of the molecule is CC#CCCN1C(=O)C2CC2C1=O. The molecule has 3 nitrogen and oxygen atoms in total. The van der Waals surface area contributed by atoms with Gasteiger partial charge in [-0.25, -0.2) is 0 Å². The van der Waals surface area contributed by atoms with Crippen LogP contribution >= 0.6 is 0 Å². The van der Waals surface area contributed by atoms with Crippen molar-refractivity contribution < 1.29 is 9.59 Å². The Morgan fingerprint density at radius 3 is 2.54 bits per heavy atom. The maximum absolute atomic E-state index is 11.4. The van der Waals surface area contributed by atoms with E-state index in [9.17, 15) is 9.59 Å². The zero-order chi connectivity index (χ0) is 9.42. The summed E-state index contributed by atoms with van der Waals surface area (Å²) in [7, 11) is 0. The zero-order valence-corrected chi connectivity index (χ0v) is 7.54. The largest absolute Gasteiger partial charge is 0.281 e. The van der Waals surface area contributed by atoms with E-state index >= 15 is 0 Å². The van der Waals surface area contributed by atoms with Crippen molar-refractivity contribution in [2.75, 3.05) is 6.54 Å². The highest BCUT2D eigenvalue weighted by Crippen LogP contribution is 2.46. The molecule has 3 heteroatoms. The van der Waals surface area contributed by atoms with Crippen molar-refractivity contribution in [2.45, 2.75) is 19.8 Å². The molecule has 2 aliphatic rings. The fourth-order valence-corrected chi connectivity index (χ4v) is 1.76. The number of carbonyl (C=O) groups is 2. The van der Waals surface area contributed by atoms with E-state index in [0.717, 1.165) is 6.42 Å². The number of imide groups is 1. The molecule has 1 saturated heterocycles. The molecule has 68 valence electrons. The van der Waals surface area contributed by atoms with Gasteiger partial charge >= 0.3 is 0 Å². The normalized spacial score (nSPS) is 29.8. The molecule has 0 spiro atoms. The summed E-state index contributed by atoms with van der Waals surface area (Å²) in [5, 5.41) is 0. The van der Waals surface area contributed by atoms with Crippen molar-refractivity contribution in [1.82, 2.24) is 4.90 Å². The van der Waals surface area contributed by atoms with Crippen LogP contribution in [0.4, 0.5) is 0 Å². The molecule has 1 saturated carbocycles. The Labute approximate surface area is 77.1 Å². The number of carbonyl (C=O) groups excluding carboxylic acids is 2. The van der Waals surface area contributed by atoms with Crippen molar-refractivity contribution in [3.63, 3.8) is 0 Å². The first kappa shape index (κ1) is 8.31. The van der Waals surface area contributed by atoms with Gasteiger partial charge in [0.05, 0.1) is 11.8 Å². The van der Waals surface area contributed by atoms with Gasteiger partial charge < -0.3 is 0 Å². The van der Waals surface area contributed by atoms with Crippen LogP contribution in [0.3, 0.4) is 0 Å². The van der Waals surface area contributed by atoms with Crippen LogP contribution in [-0.2, 0) is 9.59 Å². The predicted molar refractivity (Wildman–Crippen MR) is 46.4 cm³/mol. The van der Waals surface area contributed by atoms with E-state index < -0.39 is 0 Å². The van der Waals surface area contributed by atoms with Crippen molar-refractivity contribution in [1.29, 1.82) is 0 Å². The topological polar surface area (TPSA) is 37.4 Å². The minimum absolute atomic E-state index is 0.0212. The fraction of sp³-hybridized carbons (Fsp3) is 0.600. The van der Waals surface area contributed by atoms with Gasteiger partial charge in [-0.2, -0.15) is 0 Å². The first-order valence-corrected chi connectivity index (χ1v) is 4.50. The summed E-state index contributed by atoms with van der Waals surface area (Å²) in [5.74, 6) is 5.70. The molecule has 2 amide bonds. The number of hydrogen-bond acceptors (Lipinski definition) is 2. The molecule has 13 heavy (non-hydrogen) atoms. The Morgan fingerprint density at radius 2 is 2.00 bits per heavy atom. The van der Waals surface area contributed by atoms with E-state index in [1.165, 1.54) is 4.90 Å². The minimum atomic E-state index is 0.0212. The van der Waals surface area contributed by atoms with E-state index in [0.29, 0.717) is 13.0 Å². The standard InChI is InChI=1S/C10H11NO2/c1-2-3-4-5-11-9(12)7-6-8(7)10(11)13/h7-8H,4-6H2,1H3. The summed E-state index contributed by atoms with van der Waals surface area (Å²) in [6.07, 6.45) is 1.39. The fourth-order valence-electron chi connectivity index (χ4n) is 1.76. The molecular weight excluding hydrogens is 166 g/mol. The smallest absolute Gasteiger partial charge is 0.233 e. The molecule has 0 N–H and O–H groups in total. The number of rotatable bonds is 2. The molecule has 0 bridgehead atoms. The molecule has 2 fully saturated rings. The van der Waals surface area contributed by atoms with E-state index in [1.54, 1.807) is 6.92 Å². The third-order valence-corrected chi connectivity index (χ3v) is 2.59. The Hall–Kier alpha value is -1.30. The number of amides is 2. The van der Waals surface area contributed by atoms with Crippen LogP contribution < -0.4 is 0 Å². The Kier molecular flexibility index (Phi) is 1.84. The monoisotopic (exact) mass is 177 g/mol. The first-order chi connectivity index (χ1) is 6.25. The molecule has 0 aromatic heterocycles. The third-order valence-electron chi connectivity index (χ3n) is 2.59. The minimum Gasteiger partial charge on any atom is -0.281 e. The molecule has 1 aliphatic heterocycles. The summed E-state index contributed by atoms with van der Waals surface area (Å²) in [5.41, 5.74) is 0. The molecule has 1 aliphatic carbocycles. The maximum atomic E-state index is 11.4.